The number of carbonyl (C=O) groups is 1. The van der Waals surface area contributed by atoms with Crippen LogP contribution in [0.15, 0.2) is 0 Å². The highest BCUT2D eigenvalue weighted by Gasteiger charge is 2.12. The van der Waals surface area contributed by atoms with Gasteiger partial charge in [-0.3, -0.25) is 4.79 Å². The SMILES string of the molecule is CC(C)Cc1nnc(NC(=O)Cc2nnnn2C)s1. The van der Waals surface area contributed by atoms with Crippen molar-refractivity contribution < 1.29 is 4.79 Å². The van der Waals surface area contributed by atoms with Crippen LogP contribution < -0.4 is 5.32 Å². The molecule has 0 bridgehead atoms. The number of amides is 1. The van der Waals surface area contributed by atoms with Crippen LogP contribution in [0.4, 0.5) is 5.13 Å². The maximum Gasteiger partial charge on any atom is 0.233 e. The Labute approximate surface area is 114 Å². The van der Waals surface area contributed by atoms with Gasteiger partial charge in [0, 0.05) is 13.5 Å². The Morgan fingerprint density at radius 3 is 2.79 bits per heavy atom. The van der Waals surface area contributed by atoms with E-state index in [2.05, 4.69) is 44.9 Å². The molecule has 0 radical (unpaired) electrons. The van der Waals surface area contributed by atoms with Crippen LogP contribution >= 0.6 is 11.3 Å². The lowest BCUT2D eigenvalue weighted by molar-refractivity contribution is -0.115. The monoisotopic (exact) mass is 281 g/mol. The van der Waals surface area contributed by atoms with Crippen molar-refractivity contribution in [1.82, 2.24) is 30.4 Å². The van der Waals surface area contributed by atoms with Crippen molar-refractivity contribution in [2.75, 3.05) is 5.32 Å². The molecule has 0 unspecified atom stereocenters. The summed E-state index contributed by atoms with van der Waals surface area (Å²) in [4.78, 5) is 11.8. The third-order valence-corrected chi connectivity index (χ3v) is 3.18. The topological polar surface area (TPSA) is 98.5 Å². The Bertz CT molecular complexity index is 562. The number of aryl methyl sites for hydroxylation is 1. The first-order valence-electron chi connectivity index (χ1n) is 5.88. The lowest BCUT2D eigenvalue weighted by atomic mass is 10.1. The number of nitrogens with zero attached hydrogens (tertiary/aromatic N) is 6. The van der Waals surface area contributed by atoms with Crippen LogP contribution in [0, 0.1) is 5.92 Å². The number of carbonyl (C=O) groups excluding carboxylic acids is 1. The minimum absolute atomic E-state index is 0.114. The zero-order valence-corrected chi connectivity index (χ0v) is 11.8. The third-order valence-electron chi connectivity index (χ3n) is 2.32. The molecule has 1 amide bonds. The maximum atomic E-state index is 11.8. The Balaban J connectivity index is 1.92. The summed E-state index contributed by atoms with van der Waals surface area (Å²) >= 11 is 1.39. The Hall–Kier alpha value is -1.90. The molecule has 0 aliphatic heterocycles. The van der Waals surface area contributed by atoms with E-state index in [-0.39, 0.29) is 12.3 Å². The molecule has 2 aromatic heterocycles. The molecule has 19 heavy (non-hydrogen) atoms. The summed E-state index contributed by atoms with van der Waals surface area (Å²) in [6.45, 7) is 4.22. The van der Waals surface area contributed by atoms with Crippen molar-refractivity contribution in [3.8, 4) is 0 Å². The van der Waals surface area contributed by atoms with E-state index in [1.807, 2.05) is 0 Å². The van der Waals surface area contributed by atoms with E-state index in [4.69, 9.17) is 0 Å². The van der Waals surface area contributed by atoms with Crippen molar-refractivity contribution >= 4 is 22.4 Å². The minimum atomic E-state index is -0.204. The van der Waals surface area contributed by atoms with Crippen LogP contribution in [0.25, 0.3) is 0 Å². The smallest absolute Gasteiger partial charge is 0.233 e. The lowest BCUT2D eigenvalue weighted by Gasteiger charge is -1.99. The van der Waals surface area contributed by atoms with Crippen molar-refractivity contribution in [1.29, 1.82) is 0 Å². The quantitative estimate of drug-likeness (QED) is 0.854. The first-order valence-corrected chi connectivity index (χ1v) is 6.69. The summed E-state index contributed by atoms with van der Waals surface area (Å²) in [7, 11) is 1.69. The molecule has 2 aromatic rings. The molecule has 2 heterocycles. The largest absolute Gasteiger partial charge is 0.300 e. The van der Waals surface area contributed by atoms with Gasteiger partial charge in [-0.2, -0.15) is 0 Å². The second kappa shape index (κ2) is 5.83. The molecule has 0 aromatic carbocycles. The lowest BCUT2D eigenvalue weighted by Crippen LogP contribution is -2.17. The van der Waals surface area contributed by atoms with Crippen LogP contribution in [-0.4, -0.2) is 36.3 Å². The van der Waals surface area contributed by atoms with E-state index in [0.717, 1.165) is 11.4 Å². The second-order valence-electron chi connectivity index (χ2n) is 4.54. The van der Waals surface area contributed by atoms with E-state index < -0.39 is 0 Å². The fraction of sp³-hybridized carbons (Fsp3) is 0.600. The standard InChI is InChI=1S/C10H15N7OS/c1-6(2)4-9-13-14-10(19-9)11-8(18)5-7-12-15-16-17(7)3/h6H,4-5H2,1-3H3,(H,11,14,18). The molecule has 0 aliphatic carbocycles. The van der Waals surface area contributed by atoms with Gasteiger partial charge in [0.15, 0.2) is 5.82 Å². The van der Waals surface area contributed by atoms with Crippen LogP contribution in [0.1, 0.15) is 24.7 Å². The highest BCUT2D eigenvalue weighted by Crippen LogP contribution is 2.18. The Morgan fingerprint density at radius 1 is 1.37 bits per heavy atom. The predicted octanol–water partition coefficient (Wildman–Crippen LogP) is 0.441. The summed E-state index contributed by atoms with van der Waals surface area (Å²) in [5.74, 6) is 0.816. The van der Waals surface area contributed by atoms with Crippen molar-refractivity contribution in [2.24, 2.45) is 13.0 Å². The molecule has 9 heteroatoms. The molecule has 0 aliphatic rings. The summed E-state index contributed by atoms with van der Waals surface area (Å²) in [5.41, 5.74) is 0. The van der Waals surface area contributed by atoms with Gasteiger partial charge in [-0.05, 0) is 16.3 Å². The molecule has 2 rings (SSSR count). The van der Waals surface area contributed by atoms with Gasteiger partial charge < -0.3 is 5.32 Å². The average Bonchev–Trinajstić information content (AvgIpc) is 2.89. The minimum Gasteiger partial charge on any atom is -0.300 e. The van der Waals surface area contributed by atoms with Gasteiger partial charge in [-0.25, -0.2) is 4.68 Å². The number of hydrogen-bond donors (Lipinski definition) is 1. The molecule has 1 N–H and O–H groups in total. The van der Waals surface area contributed by atoms with Gasteiger partial charge in [-0.1, -0.05) is 25.2 Å². The molecule has 0 atom stereocenters. The number of hydrogen-bond acceptors (Lipinski definition) is 7. The zero-order valence-electron chi connectivity index (χ0n) is 11.0. The zero-order chi connectivity index (χ0) is 13.8. The van der Waals surface area contributed by atoms with Gasteiger partial charge >= 0.3 is 0 Å². The third kappa shape index (κ3) is 3.78. The average molecular weight is 281 g/mol. The fourth-order valence-corrected chi connectivity index (χ4v) is 2.41. The van der Waals surface area contributed by atoms with Crippen LogP contribution in [-0.2, 0) is 24.7 Å². The first kappa shape index (κ1) is 13.5. The van der Waals surface area contributed by atoms with Crippen molar-refractivity contribution in [2.45, 2.75) is 26.7 Å². The summed E-state index contributed by atoms with van der Waals surface area (Å²) in [6.07, 6.45) is 0.976. The fourth-order valence-electron chi connectivity index (χ4n) is 1.44. The molecular formula is C10H15N7OS. The normalized spacial score (nSPS) is 10.9. The second-order valence-corrected chi connectivity index (χ2v) is 5.60. The summed E-state index contributed by atoms with van der Waals surface area (Å²) in [5, 5.41) is 23.0. The number of tetrazole rings is 1. The van der Waals surface area contributed by atoms with Crippen molar-refractivity contribution in [3.05, 3.63) is 10.8 Å². The molecule has 0 spiro atoms. The van der Waals surface area contributed by atoms with Crippen LogP contribution in [0.2, 0.25) is 0 Å². The number of anilines is 1. The van der Waals surface area contributed by atoms with Gasteiger partial charge in [0.25, 0.3) is 0 Å². The maximum absolute atomic E-state index is 11.8. The highest BCUT2D eigenvalue weighted by molar-refractivity contribution is 7.15. The Morgan fingerprint density at radius 2 is 2.16 bits per heavy atom. The number of nitrogens with one attached hydrogen (secondary N) is 1. The first-order chi connectivity index (χ1) is 9.04. The molecule has 102 valence electrons. The molecule has 0 saturated carbocycles. The number of aromatic nitrogens is 6. The van der Waals surface area contributed by atoms with Gasteiger partial charge in [0.05, 0.1) is 6.42 Å². The van der Waals surface area contributed by atoms with Gasteiger partial charge in [-0.15, -0.1) is 15.3 Å². The predicted molar refractivity (Wildman–Crippen MR) is 69.6 cm³/mol. The van der Waals surface area contributed by atoms with Crippen LogP contribution in [0.5, 0.6) is 0 Å². The van der Waals surface area contributed by atoms with E-state index in [0.29, 0.717) is 16.9 Å². The molecular weight excluding hydrogens is 266 g/mol. The Kier molecular flexibility index (Phi) is 4.15. The van der Waals surface area contributed by atoms with E-state index in [1.165, 1.54) is 16.0 Å². The van der Waals surface area contributed by atoms with E-state index >= 15 is 0 Å². The molecule has 8 nitrogen and oxygen atoms in total. The highest BCUT2D eigenvalue weighted by atomic mass is 32.1. The molecule has 0 saturated heterocycles. The summed E-state index contributed by atoms with van der Waals surface area (Å²) < 4.78 is 1.46. The van der Waals surface area contributed by atoms with Crippen molar-refractivity contribution in [3.63, 3.8) is 0 Å². The summed E-state index contributed by atoms with van der Waals surface area (Å²) in [6, 6.07) is 0. The number of rotatable bonds is 5. The van der Waals surface area contributed by atoms with Crippen LogP contribution in [0.3, 0.4) is 0 Å². The van der Waals surface area contributed by atoms with Gasteiger partial charge in [0.1, 0.15) is 5.01 Å². The van der Waals surface area contributed by atoms with Gasteiger partial charge in [0.2, 0.25) is 11.0 Å². The molecule has 0 fully saturated rings. The van der Waals surface area contributed by atoms with E-state index in [1.54, 1.807) is 7.05 Å². The van der Waals surface area contributed by atoms with E-state index in [9.17, 15) is 4.79 Å².